The van der Waals surface area contributed by atoms with Crippen molar-refractivity contribution in [2.24, 2.45) is 5.92 Å². The Kier molecular flexibility index (Phi) is 5.13. The molecule has 2 aromatic heterocycles. The zero-order valence-corrected chi connectivity index (χ0v) is 18.1. The minimum atomic E-state index is 0.0219. The number of pyridine rings is 1. The summed E-state index contributed by atoms with van der Waals surface area (Å²) in [5.74, 6) is 0.524. The monoisotopic (exact) mass is 432 g/mol. The Labute approximate surface area is 187 Å². The first-order chi connectivity index (χ1) is 15.7. The molecule has 166 valence electrons. The SMILES string of the molecule is O=C(Nc1nc2cccc(-c3ccc(CN4CC(N5CCOCC5)C4)cc3)n2n1)C1CC1. The van der Waals surface area contributed by atoms with Crippen LogP contribution in [0.25, 0.3) is 16.9 Å². The molecule has 1 aliphatic carbocycles. The number of rotatable bonds is 6. The highest BCUT2D eigenvalue weighted by molar-refractivity contribution is 5.92. The van der Waals surface area contributed by atoms with Gasteiger partial charge in [0, 0.05) is 50.2 Å². The number of aromatic nitrogens is 3. The standard InChI is InChI=1S/C24H28N6O2/c31-23(19-8-9-19)26-24-25-22-3-1-2-21(30(22)27-24)18-6-4-17(5-7-18)14-28-15-20(16-28)29-10-12-32-13-11-29/h1-7,19-20H,8-16H2,(H,26,27,31). The highest BCUT2D eigenvalue weighted by Gasteiger charge is 2.32. The number of anilines is 1. The third-order valence-electron chi connectivity index (χ3n) is 6.70. The first-order valence-corrected chi connectivity index (χ1v) is 11.5. The van der Waals surface area contributed by atoms with E-state index < -0.39 is 0 Å². The summed E-state index contributed by atoms with van der Waals surface area (Å²) in [5, 5.41) is 7.38. The van der Waals surface area contributed by atoms with E-state index in [1.54, 1.807) is 4.52 Å². The van der Waals surface area contributed by atoms with Gasteiger partial charge in [0.25, 0.3) is 0 Å². The van der Waals surface area contributed by atoms with E-state index in [2.05, 4.69) is 49.5 Å². The molecule has 6 rings (SSSR count). The average molecular weight is 433 g/mol. The van der Waals surface area contributed by atoms with Crippen molar-refractivity contribution in [3.63, 3.8) is 0 Å². The number of carbonyl (C=O) groups excluding carboxylic acids is 1. The van der Waals surface area contributed by atoms with E-state index in [4.69, 9.17) is 4.74 Å². The zero-order valence-electron chi connectivity index (χ0n) is 18.1. The highest BCUT2D eigenvalue weighted by atomic mass is 16.5. The Morgan fingerprint density at radius 2 is 1.84 bits per heavy atom. The normalized spacial score (nSPS) is 20.4. The molecule has 3 aromatic rings. The number of hydrogen-bond acceptors (Lipinski definition) is 6. The van der Waals surface area contributed by atoms with E-state index in [0.717, 1.165) is 75.7 Å². The van der Waals surface area contributed by atoms with E-state index in [1.807, 2.05) is 18.2 Å². The van der Waals surface area contributed by atoms with Crippen LogP contribution in [0.2, 0.25) is 0 Å². The van der Waals surface area contributed by atoms with Gasteiger partial charge in [0.2, 0.25) is 11.9 Å². The maximum Gasteiger partial charge on any atom is 0.249 e. The van der Waals surface area contributed by atoms with Crippen LogP contribution in [0.1, 0.15) is 18.4 Å². The van der Waals surface area contributed by atoms with E-state index >= 15 is 0 Å². The molecule has 2 aliphatic heterocycles. The number of likely N-dealkylation sites (tertiary alicyclic amines) is 1. The first kappa shape index (κ1) is 19.8. The second kappa shape index (κ2) is 8.27. The second-order valence-electron chi connectivity index (χ2n) is 9.07. The molecule has 0 atom stereocenters. The summed E-state index contributed by atoms with van der Waals surface area (Å²) < 4.78 is 7.27. The Morgan fingerprint density at radius 3 is 2.59 bits per heavy atom. The lowest BCUT2D eigenvalue weighted by Crippen LogP contribution is -2.60. The molecular weight excluding hydrogens is 404 g/mol. The van der Waals surface area contributed by atoms with Crippen LogP contribution < -0.4 is 5.32 Å². The number of fused-ring (bicyclic) bond motifs is 1. The third kappa shape index (κ3) is 4.01. The predicted molar refractivity (Wildman–Crippen MR) is 121 cm³/mol. The van der Waals surface area contributed by atoms with Crippen molar-refractivity contribution in [1.29, 1.82) is 0 Å². The van der Waals surface area contributed by atoms with E-state index in [9.17, 15) is 4.79 Å². The van der Waals surface area contributed by atoms with Crippen LogP contribution in [0.5, 0.6) is 0 Å². The minimum absolute atomic E-state index is 0.0219. The lowest BCUT2D eigenvalue weighted by atomic mass is 10.0. The van der Waals surface area contributed by atoms with Crippen LogP contribution in [-0.2, 0) is 16.1 Å². The van der Waals surface area contributed by atoms with Crippen molar-refractivity contribution in [3.05, 3.63) is 48.0 Å². The smallest absolute Gasteiger partial charge is 0.249 e. The number of nitrogens with one attached hydrogen (secondary N) is 1. The summed E-state index contributed by atoms with van der Waals surface area (Å²) in [7, 11) is 0. The van der Waals surface area contributed by atoms with Crippen molar-refractivity contribution in [3.8, 4) is 11.3 Å². The zero-order chi connectivity index (χ0) is 21.5. The maximum atomic E-state index is 12.1. The molecule has 2 saturated heterocycles. The van der Waals surface area contributed by atoms with Crippen LogP contribution in [0, 0.1) is 5.92 Å². The Bertz CT molecular complexity index is 1110. The quantitative estimate of drug-likeness (QED) is 0.644. The van der Waals surface area contributed by atoms with Crippen molar-refractivity contribution < 1.29 is 9.53 Å². The van der Waals surface area contributed by atoms with Gasteiger partial charge in [0.15, 0.2) is 5.65 Å². The summed E-state index contributed by atoms with van der Waals surface area (Å²) in [5.41, 5.74) is 4.09. The summed E-state index contributed by atoms with van der Waals surface area (Å²) in [4.78, 5) is 21.6. The van der Waals surface area contributed by atoms with Gasteiger partial charge in [0.1, 0.15) is 0 Å². The van der Waals surface area contributed by atoms with Gasteiger partial charge in [-0.25, -0.2) is 4.52 Å². The molecule has 32 heavy (non-hydrogen) atoms. The lowest BCUT2D eigenvalue weighted by molar-refractivity contribution is -0.117. The van der Waals surface area contributed by atoms with Gasteiger partial charge in [0.05, 0.1) is 18.9 Å². The first-order valence-electron chi connectivity index (χ1n) is 11.5. The molecule has 0 spiro atoms. The Hall–Kier alpha value is -2.81. The largest absolute Gasteiger partial charge is 0.379 e. The summed E-state index contributed by atoms with van der Waals surface area (Å²) in [6, 6.07) is 15.3. The van der Waals surface area contributed by atoms with Gasteiger partial charge < -0.3 is 4.74 Å². The molecule has 8 heteroatoms. The second-order valence-corrected chi connectivity index (χ2v) is 9.07. The van der Waals surface area contributed by atoms with Crippen molar-refractivity contribution in [1.82, 2.24) is 24.4 Å². The molecule has 8 nitrogen and oxygen atoms in total. The molecule has 0 bridgehead atoms. The molecule has 1 aromatic carbocycles. The summed E-state index contributed by atoms with van der Waals surface area (Å²) >= 11 is 0. The number of benzene rings is 1. The number of amides is 1. The van der Waals surface area contributed by atoms with Gasteiger partial charge in [-0.15, -0.1) is 5.10 Å². The minimum Gasteiger partial charge on any atom is -0.379 e. The molecule has 0 unspecified atom stereocenters. The molecule has 4 heterocycles. The maximum absolute atomic E-state index is 12.1. The van der Waals surface area contributed by atoms with Crippen molar-refractivity contribution in [2.75, 3.05) is 44.7 Å². The highest BCUT2D eigenvalue weighted by Crippen LogP contribution is 2.30. The summed E-state index contributed by atoms with van der Waals surface area (Å²) in [6.07, 6.45) is 1.92. The van der Waals surface area contributed by atoms with Gasteiger partial charge in [-0.2, -0.15) is 4.98 Å². The predicted octanol–water partition coefficient (Wildman–Crippen LogP) is 2.26. The fraction of sp³-hybridized carbons (Fsp3) is 0.458. The summed E-state index contributed by atoms with van der Waals surface area (Å²) in [6.45, 7) is 7.10. The number of ether oxygens (including phenoxy) is 1. The fourth-order valence-electron chi connectivity index (χ4n) is 4.62. The average Bonchev–Trinajstić information content (AvgIpc) is 3.57. The third-order valence-corrected chi connectivity index (χ3v) is 6.70. The van der Waals surface area contributed by atoms with Crippen LogP contribution in [0.3, 0.4) is 0 Å². The number of nitrogens with zero attached hydrogens (tertiary/aromatic N) is 5. The van der Waals surface area contributed by atoms with Crippen LogP contribution in [-0.4, -0.2) is 75.7 Å². The number of morpholine rings is 1. The Morgan fingerprint density at radius 1 is 1.06 bits per heavy atom. The molecular formula is C24H28N6O2. The van der Waals surface area contributed by atoms with Gasteiger partial charge >= 0.3 is 0 Å². The number of carbonyl (C=O) groups is 1. The lowest BCUT2D eigenvalue weighted by Gasteiger charge is -2.46. The Balaban J connectivity index is 1.12. The number of hydrogen-bond donors (Lipinski definition) is 1. The van der Waals surface area contributed by atoms with Crippen molar-refractivity contribution >= 4 is 17.5 Å². The molecule has 1 saturated carbocycles. The van der Waals surface area contributed by atoms with Crippen LogP contribution in [0.15, 0.2) is 42.5 Å². The molecule has 3 fully saturated rings. The van der Waals surface area contributed by atoms with Gasteiger partial charge in [-0.3, -0.25) is 19.9 Å². The van der Waals surface area contributed by atoms with E-state index in [1.165, 1.54) is 5.56 Å². The van der Waals surface area contributed by atoms with Gasteiger partial charge in [-0.1, -0.05) is 30.3 Å². The molecule has 0 radical (unpaired) electrons. The molecule has 1 N–H and O–H groups in total. The van der Waals surface area contributed by atoms with Crippen LogP contribution in [0.4, 0.5) is 5.95 Å². The van der Waals surface area contributed by atoms with Crippen molar-refractivity contribution in [2.45, 2.75) is 25.4 Å². The van der Waals surface area contributed by atoms with E-state index in [0.29, 0.717) is 12.0 Å². The fourth-order valence-corrected chi connectivity index (χ4v) is 4.62. The van der Waals surface area contributed by atoms with E-state index in [-0.39, 0.29) is 11.8 Å². The topological polar surface area (TPSA) is 75.0 Å². The molecule has 1 amide bonds. The molecule has 3 aliphatic rings. The van der Waals surface area contributed by atoms with Crippen LogP contribution >= 0.6 is 0 Å². The van der Waals surface area contributed by atoms with Gasteiger partial charge in [-0.05, 0) is 30.5 Å².